The summed E-state index contributed by atoms with van der Waals surface area (Å²) in [4.78, 5) is 24.0. The fraction of sp³-hybridized carbons (Fsp3) is 0.333. The number of benzene rings is 1. The minimum Gasteiger partial charge on any atom is -0.465 e. The second-order valence-corrected chi connectivity index (χ2v) is 4.17. The molecule has 1 fully saturated rings. The second-order valence-electron chi connectivity index (χ2n) is 4.17. The Bertz CT molecular complexity index is 504. The third-order valence-electron chi connectivity index (χ3n) is 2.98. The molecular formula is C12H13FN2O3. The molecule has 1 aromatic rings. The van der Waals surface area contributed by atoms with Gasteiger partial charge in [0.05, 0.1) is 0 Å². The lowest BCUT2D eigenvalue weighted by Crippen LogP contribution is -2.51. The van der Waals surface area contributed by atoms with Crippen molar-refractivity contribution in [3.8, 4) is 0 Å². The van der Waals surface area contributed by atoms with Crippen LogP contribution < -0.4 is 5.32 Å². The minimum absolute atomic E-state index is 0.225. The van der Waals surface area contributed by atoms with E-state index in [1.165, 1.54) is 18.2 Å². The Hall–Kier alpha value is -2.11. The molecule has 0 bridgehead atoms. The van der Waals surface area contributed by atoms with Crippen molar-refractivity contribution in [1.29, 1.82) is 0 Å². The van der Waals surface area contributed by atoms with Gasteiger partial charge in [0.1, 0.15) is 11.9 Å². The van der Waals surface area contributed by atoms with E-state index in [9.17, 15) is 14.0 Å². The first-order valence-corrected chi connectivity index (χ1v) is 5.54. The Morgan fingerprint density at radius 1 is 1.56 bits per heavy atom. The van der Waals surface area contributed by atoms with E-state index in [0.717, 1.165) is 4.90 Å². The molecule has 2 amide bonds. The van der Waals surface area contributed by atoms with Crippen molar-refractivity contribution in [2.24, 2.45) is 0 Å². The molecule has 1 aliphatic heterocycles. The third kappa shape index (κ3) is 2.13. The summed E-state index contributed by atoms with van der Waals surface area (Å²) in [7, 11) is 0. The first kappa shape index (κ1) is 12.3. The van der Waals surface area contributed by atoms with E-state index in [1.54, 1.807) is 6.92 Å². The average molecular weight is 252 g/mol. The van der Waals surface area contributed by atoms with Crippen LogP contribution in [0.2, 0.25) is 0 Å². The Kier molecular flexibility index (Phi) is 3.18. The minimum atomic E-state index is -1.15. The summed E-state index contributed by atoms with van der Waals surface area (Å²) in [6, 6.07) is 3.06. The third-order valence-corrected chi connectivity index (χ3v) is 2.98. The van der Waals surface area contributed by atoms with Crippen LogP contribution in [-0.2, 0) is 4.79 Å². The van der Waals surface area contributed by atoms with Crippen molar-refractivity contribution in [1.82, 2.24) is 10.2 Å². The number of piperazine rings is 1. The zero-order valence-corrected chi connectivity index (χ0v) is 9.81. The van der Waals surface area contributed by atoms with Gasteiger partial charge in [0.15, 0.2) is 0 Å². The first-order valence-electron chi connectivity index (χ1n) is 5.54. The molecule has 0 aromatic heterocycles. The SMILES string of the molecule is Cc1cc(F)ccc1[C@H]1C(=O)NCCN1C(=O)O. The lowest BCUT2D eigenvalue weighted by Gasteiger charge is -2.33. The average Bonchev–Trinajstić information content (AvgIpc) is 2.29. The second kappa shape index (κ2) is 4.64. The number of nitrogens with zero attached hydrogens (tertiary/aromatic N) is 1. The van der Waals surface area contributed by atoms with Crippen molar-refractivity contribution in [3.63, 3.8) is 0 Å². The fourth-order valence-electron chi connectivity index (χ4n) is 2.13. The van der Waals surface area contributed by atoms with Crippen LogP contribution in [0.4, 0.5) is 9.18 Å². The lowest BCUT2D eigenvalue weighted by molar-refractivity contribution is -0.128. The number of aryl methyl sites for hydroxylation is 1. The molecule has 1 atom stereocenters. The van der Waals surface area contributed by atoms with Crippen LogP contribution in [-0.4, -0.2) is 35.1 Å². The van der Waals surface area contributed by atoms with Crippen LogP contribution in [0.1, 0.15) is 17.2 Å². The maximum Gasteiger partial charge on any atom is 0.408 e. The molecule has 1 aliphatic rings. The van der Waals surface area contributed by atoms with Gasteiger partial charge in [0.2, 0.25) is 5.91 Å². The number of hydrogen-bond acceptors (Lipinski definition) is 2. The number of carboxylic acid groups (broad SMARTS) is 1. The van der Waals surface area contributed by atoms with E-state index in [0.29, 0.717) is 17.7 Å². The monoisotopic (exact) mass is 252 g/mol. The molecule has 2 N–H and O–H groups in total. The summed E-state index contributed by atoms with van der Waals surface area (Å²) in [5.74, 6) is -0.785. The van der Waals surface area contributed by atoms with Crippen LogP contribution in [0.15, 0.2) is 18.2 Å². The highest BCUT2D eigenvalue weighted by atomic mass is 19.1. The van der Waals surface area contributed by atoms with Crippen LogP contribution in [0.25, 0.3) is 0 Å². The molecule has 2 rings (SSSR count). The van der Waals surface area contributed by atoms with Crippen molar-refractivity contribution in [2.45, 2.75) is 13.0 Å². The number of carbonyl (C=O) groups is 2. The molecule has 1 aromatic carbocycles. The number of rotatable bonds is 1. The predicted octanol–water partition coefficient (Wildman–Crippen LogP) is 1.29. The summed E-state index contributed by atoms with van der Waals surface area (Å²) < 4.78 is 13.0. The van der Waals surface area contributed by atoms with Crippen molar-refractivity contribution in [2.75, 3.05) is 13.1 Å². The van der Waals surface area contributed by atoms with E-state index >= 15 is 0 Å². The molecule has 6 heteroatoms. The summed E-state index contributed by atoms with van der Waals surface area (Å²) >= 11 is 0. The Morgan fingerprint density at radius 2 is 2.28 bits per heavy atom. The van der Waals surface area contributed by atoms with E-state index in [4.69, 9.17) is 5.11 Å². The molecule has 0 saturated carbocycles. The maximum atomic E-state index is 13.0. The molecule has 5 nitrogen and oxygen atoms in total. The van der Waals surface area contributed by atoms with Gasteiger partial charge in [-0.3, -0.25) is 9.69 Å². The summed E-state index contributed by atoms with van der Waals surface area (Å²) in [6.07, 6.45) is -1.15. The Labute approximate surface area is 103 Å². The van der Waals surface area contributed by atoms with Crippen molar-refractivity contribution < 1.29 is 19.1 Å². The zero-order valence-electron chi connectivity index (χ0n) is 9.81. The van der Waals surface area contributed by atoms with Gasteiger partial charge < -0.3 is 10.4 Å². The van der Waals surface area contributed by atoms with Gasteiger partial charge in [-0.05, 0) is 30.2 Å². The smallest absolute Gasteiger partial charge is 0.408 e. The standard InChI is InChI=1S/C12H13FN2O3/c1-7-6-8(13)2-3-9(7)10-11(16)14-4-5-15(10)12(17)18/h2-3,6,10H,4-5H2,1H3,(H,14,16)(H,17,18)/t10-/m0/s1. The Balaban J connectivity index is 2.43. The highest BCUT2D eigenvalue weighted by Crippen LogP contribution is 2.26. The number of amides is 2. The quantitative estimate of drug-likeness (QED) is 0.791. The van der Waals surface area contributed by atoms with E-state index < -0.39 is 18.0 Å². The molecular weight excluding hydrogens is 239 g/mol. The summed E-state index contributed by atoms with van der Waals surface area (Å²) in [5, 5.41) is 11.7. The van der Waals surface area contributed by atoms with Crippen LogP contribution in [0, 0.1) is 12.7 Å². The van der Waals surface area contributed by atoms with Gasteiger partial charge in [-0.25, -0.2) is 9.18 Å². The largest absolute Gasteiger partial charge is 0.465 e. The van der Waals surface area contributed by atoms with Gasteiger partial charge in [-0.15, -0.1) is 0 Å². The highest BCUT2D eigenvalue weighted by molar-refractivity contribution is 5.88. The van der Waals surface area contributed by atoms with Crippen LogP contribution in [0.3, 0.4) is 0 Å². The number of nitrogens with one attached hydrogen (secondary N) is 1. The number of halogens is 1. The molecule has 1 heterocycles. The molecule has 0 spiro atoms. The lowest BCUT2D eigenvalue weighted by atomic mass is 9.98. The molecule has 0 aliphatic carbocycles. The summed E-state index contributed by atoms with van der Waals surface area (Å²) in [5.41, 5.74) is 1.07. The van der Waals surface area contributed by atoms with Crippen molar-refractivity contribution >= 4 is 12.0 Å². The molecule has 96 valence electrons. The van der Waals surface area contributed by atoms with Gasteiger partial charge in [0, 0.05) is 13.1 Å². The van der Waals surface area contributed by atoms with Crippen LogP contribution in [0.5, 0.6) is 0 Å². The zero-order chi connectivity index (χ0) is 13.3. The first-order chi connectivity index (χ1) is 8.50. The van der Waals surface area contributed by atoms with Gasteiger partial charge in [-0.1, -0.05) is 6.07 Å². The van der Waals surface area contributed by atoms with Gasteiger partial charge in [0.25, 0.3) is 0 Å². The highest BCUT2D eigenvalue weighted by Gasteiger charge is 2.35. The molecule has 0 radical (unpaired) electrons. The maximum absolute atomic E-state index is 13.0. The molecule has 1 saturated heterocycles. The molecule has 18 heavy (non-hydrogen) atoms. The topological polar surface area (TPSA) is 69.6 Å². The van der Waals surface area contributed by atoms with E-state index in [-0.39, 0.29) is 12.5 Å². The molecule has 0 unspecified atom stereocenters. The normalized spacial score (nSPS) is 19.6. The number of hydrogen-bond donors (Lipinski definition) is 2. The number of carbonyl (C=O) groups excluding carboxylic acids is 1. The fourth-order valence-corrected chi connectivity index (χ4v) is 2.13. The van der Waals surface area contributed by atoms with E-state index in [1.807, 2.05) is 0 Å². The van der Waals surface area contributed by atoms with Gasteiger partial charge in [-0.2, -0.15) is 0 Å². The van der Waals surface area contributed by atoms with E-state index in [2.05, 4.69) is 5.32 Å². The van der Waals surface area contributed by atoms with Crippen LogP contribution >= 0.6 is 0 Å². The van der Waals surface area contributed by atoms with Crippen molar-refractivity contribution in [3.05, 3.63) is 35.1 Å². The van der Waals surface area contributed by atoms with Gasteiger partial charge >= 0.3 is 6.09 Å². The Morgan fingerprint density at radius 3 is 2.89 bits per heavy atom. The summed E-state index contributed by atoms with van der Waals surface area (Å²) in [6.45, 7) is 2.17. The predicted molar refractivity (Wildman–Crippen MR) is 61.6 cm³/mol.